The molecular weight excluding hydrogens is 179 g/mol. The van der Waals surface area contributed by atoms with E-state index in [9.17, 15) is 4.79 Å². The zero-order chi connectivity index (χ0) is 9.44. The van der Waals surface area contributed by atoms with E-state index in [0.717, 1.165) is 0 Å². The fourth-order valence-corrected chi connectivity index (χ4v) is 0.171. The number of rotatable bonds is 1. The average Bonchev–Trinajstić information content (AvgIpc) is 1.85. The molecule has 66 valence electrons. The molecule has 0 aromatic carbocycles. The molecule has 0 fully saturated rings. The molecule has 0 spiro atoms. The van der Waals surface area contributed by atoms with Gasteiger partial charge < -0.3 is 24.9 Å². The molecule has 0 saturated carbocycles. The van der Waals surface area contributed by atoms with E-state index in [2.05, 4.69) is 4.74 Å². The van der Waals surface area contributed by atoms with Crippen LogP contribution in [0.1, 0.15) is 6.92 Å². The number of carbonyl (C=O) groups is 2. The van der Waals surface area contributed by atoms with Crippen molar-refractivity contribution in [2.75, 3.05) is 7.11 Å². The second kappa shape index (κ2) is 10.7. The van der Waals surface area contributed by atoms with E-state index in [1.807, 2.05) is 0 Å². The third-order valence-corrected chi connectivity index (χ3v) is 0.542. The Morgan fingerprint density at radius 1 is 1.50 bits per heavy atom. The largest absolute Gasteiger partial charge is 1.00 e. The summed E-state index contributed by atoms with van der Waals surface area (Å²) in [7, 11) is 1.23. The van der Waals surface area contributed by atoms with Crippen LogP contribution >= 0.6 is 0 Å². The van der Waals surface area contributed by atoms with Gasteiger partial charge >= 0.3 is 35.5 Å². The predicted octanol–water partition coefficient (Wildman–Crippen LogP) is -4.57. The number of methoxy groups -OCH3 is 1. The van der Waals surface area contributed by atoms with Crippen molar-refractivity contribution in [1.82, 2.24) is 0 Å². The summed E-state index contributed by atoms with van der Waals surface area (Å²) in [5, 5.41) is 23.7. The second-order valence-corrected chi connectivity index (χ2v) is 1.47. The molecule has 2 N–H and O–H groups in total. The fourth-order valence-electron chi connectivity index (χ4n) is 0.171. The number of carboxylic acid groups (broad SMARTS) is 2. The Morgan fingerprint density at radius 2 is 1.75 bits per heavy atom. The quantitative estimate of drug-likeness (QED) is 0.317. The van der Waals surface area contributed by atoms with Gasteiger partial charge in [0.1, 0.15) is 6.10 Å². The van der Waals surface area contributed by atoms with Gasteiger partial charge in [-0.3, -0.25) is 0 Å². The molecule has 1 unspecified atom stereocenters. The van der Waals surface area contributed by atoms with Crippen molar-refractivity contribution in [3.05, 3.63) is 0 Å². The second-order valence-electron chi connectivity index (χ2n) is 1.47. The molecular formula is C5H9NaO6. The molecule has 6 nitrogen and oxygen atoms in total. The molecule has 7 heteroatoms. The van der Waals surface area contributed by atoms with Crippen LogP contribution in [0, 0.1) is 0 Å². The Bertz CT molecular complexity index is 130. The van der Waals surface area contributed by atoms with Gasteiger partial charge in [0.25, 0.3) is 0 Å². The summed E-state index contributed by atoms with van der Waals surface area (Å²) in [4.78, 5) is 18.5. The third-order valence-electron chi connectivity index (χ3n) is 0.542. The van der Waals surface area contributed by atoms with E-state index in [0.29, 0.717) is 0 Å². The van der Waals surface area contributed by atoms with Crippen LogP contribution in [0.3, 0.4) is 0 Å². The normalized spacial score (nSPS) is 9.58. The van der Waals surface area contributed by atoms with Gasteiger partial charge in [-0.05, 0) is 6.92 Å². The van der Waals surface area contributed by atoms with Crippen LogP contribution in [-0.2, 0) is 9.53 Å². The van der Waals surface area contributed by atoms with Gasteiger partial charge in [0.2, 0.25) is 6.16 Å². The van der Waals surface area contributed by atoms with Crippen LogP contribution in [0.25, 0.3) is 0 Å². The van der Waals surface area contributed by atoms with Gasteiger partial charge in [0.15, 0.2) is 0 Å². The van der Waals surface area contributed by atoms with Gasteiger partial charge in [0.05, 0.1) is 7.11 Å². The van der Waals surface area contributed by atoms with E-state index >= 15 is 0 Å². The maximum atomic E-state index is 10.0. The number of esters is 1. The van der Waals surface area contributed by atoms with Gasteiger partial charge in [-0.2, -0.15) is 0 Å². The molecule has 1 atom stereocenters. The summed E-state index contributed by atoms with van der Waals surface area (Å²) in [6.45, 7) is 1.35. The van der Waals surface area contributed by atoms with E-state index in [1.165, 1.54) is 14.0 Å². The SMILES string of the molecule is COC(=O)C(C)O.O=C([O-])O.[Na+]. The standard InChI is InChI=1S/C4H8O3.CH2O3.Na/c1-3(5)4(6)7-2;2-1(3)4;/h3,5H,1-2H3;(H2,2,3,4);/q;;+1/p-1. The number of aliphatic hydroxyl groups is 1. The number of aliphatic hydroxyl groups excluding tert-OH is 1. The summed E-state index contributed by atoms with van der Waals surface area (Å²) in [5.41, 5.74) is 0. The summed E-state index contributed by atoms with van der Waals surface area (Å²) in [6, 6.07) is 0. The van der Waals surface area contributed by atoms with Crippen molar-refractivity contribution in [1.29, 1.82) is 0 Å². The maximum absolute atomic E-state index is 10.0. The summed E-state index contributed by atoms with van der Waals surface area (Å²) in [6.07, 6.45) is -3.08. The first-order valence-corrected chi connectivity index (χ1v) is 2.57. The predicted molar refractivity (Wildman–Crippen MR) is 31.7 cm³/mol. The summed E-state index contributed by atoms with van der Waals surface area (Å²) in [5.74, 6) is -0.597. The number of hydrogen-bond acceptors (Lipinski definition) is 5. The minimum absolute atomic E-state index is 0. The molecule has 0 amide bonds. The number of ether oxygens (including phenoxy) is 1. The molecule has 0 aliphatic carbocycles. The Labute approximate surface area is 91.4 Å². The first-order chi connectivity index (χ1) is 4.91. The van der Waals surface area contributed by atoms with Crippen LogP contribution in [0.4, 0.5) is 4.79 Å². The monoisotopic (exact) mass is 188 g/mol. The third kappa shape index (κ3) is 22.6. The average molecular weight is 188 g/mol. The minimum Gasteiger partial charge on any atom is -0.565 e. The van der Waals surface area contributed by atoms with Gasteiger partial charge in [0, 0.05) is 0 Å². The van der Waals surface area contributed by atoms with Crippen LogP contribution in [0.2, 0.25) is 0 Å². The zero-order valence-corrected chi connectivity index (χ0v) is 9.10. The van der Waals surface area contributed by atoms with Crippen LogP contribution < -0.4 is 34.7 Å². The Kier molecular flexibility index (Phi) is 15.8. The number of carbonyl (C=O) groups excluding carboxylic acids is 1. The molecule has 0 saturated heterocycles. The smallest absolute Gasteiger partial charge is 0.565 e. The summed E-state index contributed by atoms with van der Waals surface area (Å²) >= 11 is 0. The number of hydrogen-bond donors (Lipinski definition) is 2. The molecule has 12 heavy (non-hydrogen) atoms. The van der Waals surface area contributed by atoms with Crippen molar-refractivity contribution < 1.29 is 59.2 Å². The molecule has 0 radical (unpaired) electrons. The molecule has 0 aromatic rings. The van der Waals surface area contributed by atoms with Gasteiger partial charge in [-0.15, -0.1) is 0 Å². The first-order valence-electron chi connectivity index (χ1n) is 2.57. The van der Waals surface area contributed by atoms with E-state index in [4.69, 9.17) is 20.1 Å². The Morgan fingerprint density at radius 3 is 1.75 bits per heavy atom. The Balaban J connectivity index is -0.000000142. The molecule has 0 heterocycles. The van der Waals surface area contributed by atoms with Crippen molar-refractivity contribution in [3.8, 4) is 0 Å². The van der Waals surface area contributed by atoms with E-state index in [-0.39, 0.29) is 29.6 Å². The molecule has 0 aromatic heterocycles. The van der Waals surface area contributed by atoms with Crippen molar-refractivity contribution in [2.45, 2.75) is 13.0 Å². The van der Waals surface area contributed by atoms with Gasteiger partial charge in [-0.1, -0.05) is 0 Å². The van der Waals surface area contributed by atoms with Gasteiger partial charge in [-0.25, -0.2) is 4.79 Å². The van der Waals surface area contributed by atoms with Crippen molar-refractivity contribution in [3.63, 3.8) is 0 Å². The van der Waals surface area contributed by atoms with Crippen molar-refractivity contribution in [2.24, 2.45) is 0 Å². The summed E-state index contributed by atoms with van der Waals surface area (Å²) < 4.78 is 4.12. The first kappa shape index (κ1) is 17.7. The topological polar surface area (TPSA) is 107 Å². The van der Waals surface area contributed by atoms with Crippen LogP contribution in [-0.4, -0.2) is 35.6 Å². The minimum atomic E-state index is -2.08. The van der Waals surface area contributed by atoms with Crippen molar-refractivity contribution >= 4 is 12.1 Å². The molecule has 0 aliphatic heterocycles. The molecule has 0 bridgehead atoms. The zero-order valence-electron chi connectivity index (χ0n) is 7.10. The molecule has 0 aliphatic rings. The maximum Gasteiger partial charge on any atom is 1.00 e. The van der Waals surface area contributed by atoms with Crippen LogP contribution in [0.5, 0.6) is 0 Å². The van der Waals surface area contributed by atoms with E-state index in [1.54, 1.807) is 0 Å². The molecule has 0 rings (SSSR count). The van der Waals surface area contributed by atoms with E-state index < -0.39 is 18.2 Å². The Hall–Kier alpha value is -0.300. The fraction of sp³-hybridized carbons (Fsp3) is 0.600. The van der Waals surface area contributed by atoms with Crippen LogP contribution in [0.15, 0.2) is 0 Å².